The topological polar surface area (TPSA) is 110 Å². The number of nitriles is 2. The minimum absolute atomic E-state index is 0.0380. The molecule has 0 aliphatic carbocycles. The van der Waals surface area contributed by atoms with Gasteiger partial charge in [0.05, 0.1) is 12.1 Å². The zero-order chi connectivity index (χ0) is 31.1. The first-order valence-corrected chi connectivity index (χ1v) is 15.6. The van der Waals surface area contributed by atoms with E-state index in [2.05, 4.69) is 27.7 Å². The highest BCUT2D eigenvalue weighted by Gasteiger charge is 2.10. The summed E-state index contributed by atoms with van der Waals surface area (Å²) in [4.78, 5) is 14.7. The van der Waals surface area contributed by atoms with E-state index < -0.39 is 0 Å². The number of amides is 1. The molecule has 2 N–H and O–H groups in total. The van der Waals surface area contributed by atoms with Crippen molar-refractivity contribution < 1.29 is 14.3 Å². The van der Waals surface area contributed by atoms with Crippen LogP contribution in [0.5, 0.6) is 11.5 Å². The van der Waals surface area contributed by atoms with Crippen molar-refractivity contribution in [3.63, 3.8) is 0 Å². The standard InChI is InChI=1S/C36H45N5O3/c37-20-9-26-41(27-10-21-38)25-8-7-22-39-23-11-24-40-36(42)19-17-31-16-18-34(43-29-32-12-3-1-4-13-32)35(28-31)44-30-33-14-5-2-6-15-33/h1-6,12-16,18,28,39H,7-11,17,19,22-27,29-30H2,(H,40,42). The monoisotopic (exact) mass is 595 g/mol. The van der Waals surface area contributed by atoms with Gasteiger partial charge in [-0.15, -0.1) is 0 Å². The highest BCUT2D eigenvalue weighted by molar-refractivity contribution is 5.76. The molecule has 1 amide bonds. The highest BCUT2D eigenvalue weighted by Crippen LogP contribution is 2.30. The minimum atomic E-state index is 0.0380. The van der Waals surface area contributed by atoms with Crippen LogP contribution >= 0.6 is 0 Å². The molecule has 0 aliphatic heterocycles. The van der Waals surface area contributed by atoms with Gasteiger partial charge < -0.3 is 25.0 Å². The Morgan fingerprint density at radius 3 is 1.93 bits per heavy atom. The quantitative estimate of drug-likeness (QED) is 0.142. The Balaban J connectivity index is 1.35. The molecule has 0 aromatic heterocycles. The van der Waals surface area contributed by atoms with Crippen molar-refractivity contribution in [2.75, 3.05) is 39.3 Å². The van der Waals surface area contributed by atoms with Crippen molar-refractivity contribution in [2.45, 2.75) is 58.2 Å². The van der Waals surface area contributed by atoms with Crippen LogP contribution in [0.15, 0.2) is 78.9 Å². The van der Waals surface area contributed by atoms with Crippen molar-refractivity contribution in [1.82, 2.24) is 15.5 Å². The van der Waals surface area contributed by atoms with Crippen molar-refractivity contribution in [1.29, 1.82) is 10.5 Å². The van der Waals surface area contributed by atoms with E-state index in [4.69, 9.17) is 20.0 Å². The number of nitrogens with one attached hydrogen (secondary N) is 2. The van der Waals surface area contributed by atoms with Crippen LogP contribution in [0, 0.1) is 22.7 Å². The Morgan fingerprint density at radius 2 is 1.30 bits per heavy atom. The zero-order valence-electron chi connectivity index (χ0n) is 25.7. The van der Waals surface area contributed by atoms with E-state index in [9.17, 15) is 4.79 Å². The predicted octanol–water partition coefficient (Wildman–Crippen LogP) is 5.78. The van der Waals surface area contributed by atoms with Crippen LogP contribution in [0.2, 0.25) is 0 Å². The van der Waals surface area contributed by atoms with Crippen LogP contribution in [0.3, 0.4) is 0 Å². The number of aryl methyl sites for hydroxylation is 1. The smallest absolute Gasteiger partial charge is 0.220 e. The molecule has 8 heteroatoms. The fraction of sp³-hybridized carbons (Fsp3) is 0.417. The highest BCUT2D eigenvalue weighted by atomic mass is 16.5. The van der Waals surface area contributed by atoms with Crippen LogP contribution in [-0.4, -0.2) is 50.1 Å². The maximum Gasteiger partial charge on any atom is 0.220 e. The number of unbranched alkanes of at least 4 members (excludes halogenated alkanes) is 1. The molecule has 3 aromatic carbocycles. The van der Waals surface area contributed by atoms with E-state index in [1.165, 1.54) is 0 Å². The van der Waals surface area contributed by atoms with E-state index in [1.807, 2.05) is 78.9 Å². The summed E-state index contributed by atoms with van der Waals surface area (Å²) in [5, 5.41) is 24.1. The molecule has 3 aromatic rings. The molecule has 0 radical (unpaired) electrons. The van der Waals surface area contributed by atoms with Crippen LogP contribution in [0.4, 0.5) is 0 Å². The number of hydrogen-bond donors (Lipinski definition) is 2. The molecule has 0 unspecified atom stereocenters. The molecule has 0 bridgehead atoms. The van der Waals surface area contributed by atoms with Gasteiger partial charge in [-0.25, -0.2) is 0 Å². The van der Waals surface area contributed by atoms with Gasteiger partial charge >= 0.3 is 0 Å². The summed E-state index contributed by atoms with van der Waals surface area (Å²) in [5.41, 5.74) is 3.18. The number of benzene rings is 3. The first kappa shape index (κ1) is 34.1. The molecule has 3 rings (SSSR count). The lowest BCUT2D eigenvalue weighted by atomic mass is 10.1. The lowest BCUT2D eigenvalue weighted by Gasteiger charge is -2.19. The van der Waals surface area contributed by atoms with Crippen molar-refractivity contribution in [3.05, 3.63) is 95.6 Å². The van der Waals surface area contributed by atoms with Gasteiger partial charge in [-0.3, -0.25) is 4.79 Å². The number of carbonyl (C=O) groups is 1. The van der Waals surface area contributed by atoms with Gasteiger partial charge in [0.15, 0.2) is 11.5 Å². The summed E-state index contributed by atoms with van der Waals surface area (Å²) in [6.07, 6.45) is 4.95. The summed E-state index contributed by atoms with van der Waals surface area (Å²) in [6.45, 7) is 5.64. The van der Waals surface area contributed by atoms with Crippen molar-refractivity contribution >= 4 is 5.91 Å². The van der Waals surface area contributed by atoms with Gasteiger partial charge in [-0.05, 0) is 74.1 Å². The van der Waals surface area contributed by atoms with E-state index in [0.29, 0.717) is 56.9 Å². The average molecular weight is 596 g/mol. The molecular weight excluding hydrogens is 550 g/mol. The molecule has 0 saturated carbocycles. The largest absolute Gasteiger partial charge is 0.485 e. The number of hydrogen-bond acceptors (Lipinski definition) is 7. The predicted molar refractivity (Wildman–Crippen MR) is 173 cm³/mol. The maximum atomic E-state index is 12.5. The first-order chi connectivity index (χ1) is 21.7. The van der Waals surface area contributed by atoms with E-state index in [1.54, 1.807) is 0 Å². The third kappa shape index (κ3) is 14.2. The second kappa shape index (κ2) is 21.3. The SMILES string of the molecule is N#CCCN(CCC#N)CCCCNCCCNC(=O)CCc1ccc(OCc2ccccc2)c(OCc2ccccc2)c1. The van der Waals surface area contributed by atoms with Gasteiger partial charge in [0.1, 0.15) is 13.2 Å². The Morgan fingerprint density at radius 1 is 0.682 bits per heavy atom. The number of nitrogens with zero attached hydrogens (tertiary/aromatic N) is 3. The van der Waals surface area contributed by atoms with Gasteiger partial charge in [0, 0.05) is 38.9 Å². The fourth-order valence-corrected chi connectivity index (χ4v) is 4.66. The molecule has 8 nitrogen and oxygen atoms in total. The lowest BCUT2D eigenvalue weighted by molar-refractivity contribution is -0.121. The summed E-state index contributed by atoms with van der Waals surface area (Å²) in [5.74, 6) is 1.39. The average Bonchev–Trinajstić information content (AvgIpc) is 3.06. The Kier molecular flexibility index (Phi) is 16.5. The number of carbonyl (C=O) groups excluding carboxylic acids is 1. The van der Waals surface area contributed by atoms with E-state index in [0.717, 1.165) is 68.7 Å². The Hall–Kier alpha value is -4.37. The third-order valence-corrected chi connectivity index (χ3v) is 7.13. The van der Waals surface area contributed by atoms with Crippen LogP contribution in [0.25, 0.3) is 0 Å². The van der Waals surface area contributed by atoms with Gasteiger partial charge in [0.2, 0.25) is 5.91 Å². The molecule has 0 heterocycles. The van der Waals surface area contributed by atoms with E-state index in [-0.39, 0.29) is 5.91 Å². The fourth-order valence-electron chi connectivity index (χ4n) is 4.66. The molecular formula is C36H45N5O3. The lowest BCUT2D eigenvalue weighted by Crippen LogP contribution is -2.29. The van der Waals surface area contributed by atoms with Crippen LogP contribution in [-0.2, 0) is 24.4 Å². The van der Waals surface area contributed by atoms with Gasteiger partial charge in [-0.2, -0.15) is 10.5 Å². The normalized spacial score (nSPS) is 10.6. The summed E-state index contributed by atoms with van der Waals surface area (Å²) >= 11 is 0. The summed E-state index contributed by atoms with van der Waals surface area (Å²) in [6, 6.07) is 30.3. The van der Waals surface area contributed by atoms with E-state index >= 15 is 0 Å². The van der Waals surface area contributed by atoms with Gasteiger partial charge in [0.25, 0.3) is 0 Å². The summed E-state index contributed by atoms with van der Waals surface area (Å²) < 4.78 is 12.3. The number of rotatable bonds is 22. The molecule has 0 saturated heterocycles. The Labute approximate surface area is 262 Å². The van der Waals surface area contributed by atoms with Crippen LogP contribution in [0.1, 0.15) is 55.2 Å². The molecule has 232 valence electrons. The third-order valence-electron chi connectivity index (χ3n) is 7.13. The molecule has 0 spiro atoms. The van der Waals surface area contributed by atoms with Gasteiger partial charge in [-0.1, -0.05) is 66.7 Å². The molecule has 0 aliphatic rings. The van der Waals surface area contributed by atoms with Crippen molar-refractivity contribution in [2.24, 2.45) is 0 Å². The molecule has 0 atom stereocenters. The minimum Gasteiger partial charge on any atom is -0.485 e. The second-order valence-electron chi connectivity index (χ2n) is 10.6. The zero-order valence-corrected chi connectivity index (χ0v) is 25.7. The molecule has 44 heavy (non-hydrogen) atoms. The van der Waals surface area contributed by atoms with Crippen LogP contribution < -0.4 is 20.1 Å². The number of ether oxygens (including phenoxy) is 2. The Bertz CT molecular complexity index is 1290. The molecule has 0 fully saturated rings. The maximum absolute atomic E-state index is 12.5. The van der Waals surface area contributed by atoms with Crippen molar-refractivity contribution in [3.8, 4) is 23.6 Å². The summed E-state index contributed by atoms with van der Waals surface area (Å²) in [7, 11) is 0. The second-order valence-corrected chi connectivity index (χ2v) is 10.6. The first-order valence-electron chi connectivity index (χ1n) is 15.6.